The number of rotatable bonds is 8. The molecule has 1 aromatic rings. The van der Waals surface area contributed by atoms with Crippen LogP contribution in [0.4, 0.5) is 0 Å². The first-order valence-corrected chi connectivity index (χ1v) is 10.6. The summed E-state index contributed by atoms with van der Waals surface area (Å²) in [6.07, 6.45) is 3.49. The minimum absolute atomic E-state index is 0.0222. The number of sulfonamides is 1. The molecular formula is C19H26N2O6S. The summed E-state index contributed by atoms with van der Waals surface area (Å²) in [5, 5.41) is 2.70. The second-order valence-corrected chi connectivity index (χ2v) is 8.34. The van der Waals surface area contributed by atoms with Gasteiger partial charge in [-0.1, -0.05) is 19.1 Å². The van der Waals surface area contributed by atoms with Crippen LogP contribution >= 0.6 is 0 Å². The minimum atomic E-state index is -3.55. The lowest BCUT2D eigenvalue weighted by Gasteiger charge is -2.26. The van der Waals surface area contributed by atoms with E-state index in [9.17, 15) is 18.0 Å². The zero-order valence-corrected chi connectivity index (χ0v) is 16.9. The first-order chi connectivity index (χ1) is 13.3. The van der Waals surface area contributed by atoms with E-state index in [0.717, 1.165) is 6.42 Å². The van der Waals surface area contributed by atoms with Crippen molar-refractivity contribution in [3.63, 3.8) is 0 Å². The van der Waals surface area contributed by atoms with Crippen molar-refractivity contribution < 1.29 is 27.5 Å². The molecule has 0 aliphatic carbocycles. The second kappa shape index (κ2) is 10.4. The van der Waals surface area contributed by atoms with E-state index < -0.39 is 16.0 Å². The van der Waals surface area contributed by atoms with Crippen molar-refractivity contribution >= 4 is 28.0 Å². The maximum atomic E-state index is 12.6. The molecule has 1 heterocycles. The van der Waals surface area contributed by atoms with Crippen LogP contribution in [0, 0.1) is 0 Å². The van der Waals surface area contributed by atoms with Gasteiger partial charge in [0.25, 0.3) is 5.91 Å². The number of carbonyl (C=O) groups is 2. The third-order valence-corrected chi connectivity index (χ3v) is 6.18. The highest BCUT2D eigenvalue weighted by atomic mass is 32.2. The van der Waals surface area contributed by atoms with Gasteiger partial charge in [-0.2, -0.15) is 4.31 Å². The number of esters is 1. The van der Waals surface area contributed by atoms with E-state index in [-0.39, 0.29) is 23.5 Å². The molecule has 0 unspecified atom stereocenters. The van der Waals surface area contributed by atoms with E-state index in [1.807, 2.05) is 13.8 Å². The number of morpholine rings is 1. The topological polar surface area (TPSA) is 102 Å². The molecule has 154 valence electrons. The summed E-state index contributed by atoms with van der Waals surface area (Å²) in [5.41, 5.74) is 0.641. The number of nitrogens with one attached hydrogen (secondary N) is 1. The van der Waals surface area contributed by atoms with Crippen molar-refractivity contribution in [3.05, 3.63) is 35.9 Å². The maximum Gasteiger partial charge on any atom is 0.331 e. The summed E-state index contributed by atoms with van der Waals surface area (Å²) < 4.78 is 36.6. The molecule has 1 N–H and O–H groups in total. The zero-order valence-electron chi connectivity index (χ0n) is 16.1. The summed E-state index contributed by atoms with van der Waals surface area (Å²) in [6, 6.07) is 6.22. The van der Waals surface area contributed by atoms with Crippen LogP contribution in [0.15, 0.2) is 35.2 Å². The smallest absolute Gasteiger partial charge is 0.331 e. The molecule has 1 fully saturated rings. The predicted molar refractivity (Wildman–Crippen MR) is 104 cm³/mol. The van der Waals surface area contributed by atoms with Crippen LogP contribution in [-0.2, 0) is 29.1 Å². The van der Waals surface area contributed by atoms with Gasteiger partial charge < -0.3 is 14.8 Å². The van der Waals surface area contributed by atoms with Crippen LogP contribution in [0.25, 0.3) is 6.08 Å². The van der Waals surface area contributed by atoms with Crippen molar-refractivity contribution in [1.29, 1.82) is 0 Å². The SMILES string of the molecule is CC[C@H](C)NC(=O)COC(=O)/C=C/c1ccc(S(=O)(=O)N2CCOCC2)cc1. The molecule has 1 aliphatic heterocycles. The molecule has 0 radical (unpaired) electrons. The van der Waals surface area contributed by atoms with Crippen LogP contribution < -0.4 is 5.32 Å². The number of hydrogen-bond acceptors (Lipinski definition) is 6. The molecule has 9 heteroatoms. The van der Waals surface area contributed by atoms with E-state index in [2.05, 4.69) is 5.32 Å². The molecule has 1 aromatic carbocycles. The van der Waals surface area contributed by atoms with Gasteiger partial charge in [0.2, 0.25) is 10.0 Å². The predicted octanol–water partition coefficient (Wildman–Crippen LogP) is 1.18. The fourth-order valence-electron chi connectivity index (χ4n) is 2.45. The Hall–Kier alpha value is -2.23. The van der Waals surface area contributed by atoms with Gasteiger partial charge in [0.15, 0.2) is 6.61 Å². The maximum absolute atomic E-state index is 12.6. The number of amides is 1. The summed E-state index contributed by atoms with van der Waals surface area (Å²) in [5.74, 6) is -1.00. The molecule has 1 amide bonds. The molecule has 1 atom stereocenters. The summed E-state index contributed by atoms with van der Waals surface area (Å²) in [7, 11) is -3.55. The van der Waals surface area contributed by atoms with Crippen molar-refractivity contribution in [3.8, 4) is 0 Å². The first-order valence-electron chi connectivity index (χ1n) is 9.15. The standard InChI is InChI=1S/C19H26N2O6S/c1-3-15(2)20-18(22)14-27-19(23)9-6-16-4-7-17(8-5-16)28(24,25)21-10-12-26-13-11-21/h4-9,15H,3,10-14H2,1-2H3,(H,20,22)/b9-6+/t15-/m0/s1. The van der Waals surface area contributed by atoms with Gasteiger partial charge in [0.05, 0.1) is 18.1 Å². The van der Waals surface area contributed by atoms with Gasteiger partial charge in [-0.15, -0.1) is 0 Å². The lowest BCUT2D eigenvalue weighted by molar-refractivity contribution is -0.144. The third-order valence-electron chi connectivity index (χ3n) is 4.27. The van der Waals surface area contributed by atoms with Gasteiger partial charge in [0.1, 0.15) is 0 Å². The largest absolute Gasteiger partial charge is 0.452 e. The fourth-order valence-corrected chi connectivity index (χ4v) is 3.86. The molecule has 1 aliphatic rings. The van der Waals surface area contributed by atoms with Crippen molar-refractivity contribution in [2.45, 2.75) is 31.2 Å². The summed E-state index contributed by atoms with van der Waals surface area (Å²) >= 11 is 0. The molecule has 0 spiro atoms. The highest BCUT2D eigenvalue weighted by molar-refractivity contribution is 7.89. The number of hydrogen-bond donors (Lipinski definition) is 1. The average molecular weight is 410 g/mol. The Labute approximate surface area is 165 Å². The quantitative estimate of drug-likeness (QED) is 0.510. The minimum Gasteiger partial charge on any atom is -0.452 e. The monoisotopic (exact) mass is 410 g/mol. The molecule has 0 bridgehead atoms. The third kappa shape index (κ3) is 6.43. The number of ether oxygens (including phenoxy) is 2. The van der Waals surface area contributed by atoms with Crippen molar-refractivity contribution in [2.24, 2.45) is 0 Å². The van der Waals surface area contributed by atoms with E-state index in [4.69, 9.17) is 9.47 Å². The van der Waals surface area contributed by atoms with E-state index >= 15 is 0 Å². The van der Waals surface area contributed by atoms with Gasteiger partial charge >= 0.3 is 5.97 Å². The van der Waals surface area contributed by atoms with Crippen LogP contribution in [0.2, 0.25) is 0 Å². The van der Waals surface area contributed by atoms with Gasteiger partial charge in [-0.25, -0.2) is 13.2 Å². The molecule has 8 nitrogen and oxygen atoms in total. The Bertz CT molecular complexity index is 798. The van der Waals surface area contributed by atoms with Crippen LogP contribution in [0.3, 0.4) is 0 Å². The summed E-state index contributed by atoms with van der Waals surface area (Å²) in [4.78, 5) is 23.5. The Morgan fingerprint density at radius 2 is 1.89 bits per heavy atom. The highest BCUT2D eigenvalue weighted by Crippen LogP contribution is 2.18. The Morgan fingerprint density at radius 1 is 1.25 bits per heavy atom. The lowest BCUT2D eigenvalue weighted by atomic mass is 10.2. The van der Waals surface area contributed by atoms with Crippen LogP contribution in [0.1, 0.15) is 25.8 Å². The number of nitrogens with zero attached hydrogens (tertiary/aromatic N) is 1. The molecule has 28 heavy (non-hydrogen) atoms. The molecular weight excluding hydrogens is 384 g/mol. The molecule has 0 aromatic heterocycles. The normalized spacial score (nSPS) is 16.6. The van der Waals surface area contributed by atoms with Gasteiger partial charge in [-0.3, -0.25) is 4.79 Å². The molecule has 2 rings (SSSR count). The molecule has 1 saturated heterocycles. The van der Waals surface area contributed by atoms with Crippen molar-refractivity contribution in [2.75, 3.05) is 32.9 Å². The Morgan fingerprint density at radius 3 is 2.50 bits per heavy atom. The van der Waals surface area contributed by atoms with E-state index in [0.29, 0.717) is 31.9 Å². The fraction of sp³-hybridized carbons (Fsp3) is 0.474. The second-order valence-electron chi connectivity index (χ2n) is 6.40. The Balaban J connectivity index is 1.89. The molecule has 0 saturated carbocycles. The average Bonchev–Trinajstić information content (AvgIpc) is 2.71. The first kappa shape index (κ1) is 22.1. The van der Waals surface area contributed by atoms with Gasteiger partial charge in [0, 0.05) is 25.2 Å². The van der Waals surface area contributed by atoms with E-state index in [1.165, 1.54) is 28.6 Å². The number of benzene rings is 1. The van der Waals surface area contributed by atoms with Gasteiger partial charge in [-0.05, 0) is 37.1 Å². The van der Waals surface area contributed by atoms with Crippen LogP contribution in [0.5, 0.6) is 0 Å². The zero-order chi connectivity index (χ0) is 20.6. The lowest BCUT2D eigenvalue weighted by Crippen LogP contribution is -2.40. The number of carbonyl (C=O) groups excluding carboxylic acids is 2. The summed E-state index contributed by atoms with van der Waals surface area (Å²) in [6.45, 7) is 4.90. The highest BCUT2D eigenvalue weighted by Gasteiger charge is 2.25. The van der Waals surface area contributed by atoms with E-state index in [1.54, 1.807) is 12.1 Å². The van der Waals surface area contributed by atoms with Crippen LogP contribution in [-0.4, -0.2) is 63.6 Å². The van der Waals surface area contributed by atoms with Crippen molar-refractivity contribution in [1.82, 2.24) is 9.62 Å². The Kier molecular flexibility index (Phi) is 8.16.